The Labute approximate surface area is 228 Å². The van der Waals surface area contributed by atoms with Gasteiger partial charge in [-0.2, -0.15) is 5.10 Å². The van der Waals surface area contributed by atoms with Crippen LogP contribution in [-0.4, -0.2) is 35.9 Å². The van der Waals surface area contributed by atoms with E-state index in [0.717, 1.165) is 43.7 Å². The lowest BCUT2D eigenvalue weighted by Crippen LogP contribution is -2.26. The average molecular weight is 525 g/mol. The Hall–Kier alpha value is -3.55. The highest BCUT2D eigenvalue weighted by Crippen LogP contribution is 2.48. The number of nitrogens with one attached hydrogen (secondary N) is 1. The minimum atomic E-state index is -0.266. The lowest BCUT2D eigenvalue weighted by molar-refractivity contribution is -0.118. The van der Waals surface area contributed by atoms with Crippen LogP contribution in [0.1, 0.15) is 36.3 Å². The van der Waals surface area contributed by atoms with E-state index >= 15 is 0 Å². The summed E-state index contributed by atoms with van der Waals surface area (Å²) in [6.45, 7) is 2.20. The van der Waals surface area contributed by atoms with Crippen molar-refractivity contribution in [3.05, 3.63) is 96.2 Å². The summed E-state index contributed by atoms with van der Waals surface area (Å²) in [6.07, 6.45) is 4.69. The summed E-state index contributed by atoms with van der Waals surface area (Å²) >= 11 is 1.79. The largest absolute Gasteiger partial charge is 0.381 e. The van der Waals surface area contributed by atoms with Crippen LogP contribution in [0.25, 0.3) is 0 Å². The number of para-hydroxylation sites is 1. The van der Waals surface area contributed by atoms with E-state index in [1.165, 1.54) is 21.0 Å². The maximum absolute atomic E-state index is 13.8. The summed E-state index contributed by atoms with van der Waals surface area (Å²) in [5, 5.41) is 7.75. The van der Waals surface area contributed by atoms with Crippen molar-refractivity contribution >= 4 is 34.9 Å². The normalized spacial score (nSPS) is 16.0. The molecule has 1 aromatic heterocycles. The standard InChI is InChI=1S/C31H32N4O2S/c1-34-26-9-5-6-10-28(26)38-29-12-11-24(20-27(29)34)25(19-22-14-17-37-18-15-22)31(36)32-30-13-16-35(33-30)21-23-7-3-2-4-8-23/h2-13,16,20,22,25H,14-15,17-19,21H2,1H3,(H,32,33,36). The molecule has 1 saturated heterocycles. The first-order valence-corrected chi connectivity index (χ1v) is 14.1. The van der Waals surface area contributed by atoms with Gasteiger partial charge in [0, 0.05) is 42.3 Å². The third-order valence-electron chi connectivity index (χ3n) is 7.50. The molecule has 0 aliphatic carbocycles. The van der Waals surface area contributed by atoms with Gasteiger partial charge in [-0.25, -0.2) is 0 Å². The molecule has 194 valence electrons. The molecule has 0 radical (unpaired) electrons. The highest BCUT2D eigenvalue weighted by Gasteiger charge is 2.29. The van der Waals surface area contributed by atoms with Gasteiger partial charge >= 0.3 is 0 Å². The topological polar surface area (TPSA) is 59.4 Å². The first-order chi connectivity index (χ1) is 18.6. The molecule has 7 heteroatoms. The molecule has 1 atom stereocenters. The zero-order valence-electron chi connectivity index (χ0n) is 21.5. The van der Waals surface area contributed by atoms with Gasteiger partial charge in [0.15, 0.2) is 5.82 Å². The number of aromatic nitrogens is 2. The number of hydrogen-bond donors (Lipinski definition) is 1. The Balaban J connectivity index is 1.25. The monoisotopic (exact) mass is 524 g/mol. The molecule has 2 aliphatic rings. The van der Waals surface area contributed by atoms with Crippen LogP contribution < -0.4 is 10.2 Å². The molecule has 1 amide bonds. The maximum Gasteiger partial charge on any atom is 0.233 e. The number of amides is 1. The van der Waals surface area contributed by atoms with E-state index in [0.29, 0.717) is 18.3 Å². The lowest BCUT2D eigenvalue weighted by atomic mass is 9.84. The summed E-state index contributed by atoms with van der Waals surface area (Å²) in [4.78, 5) is 18.5. The fourth-order valence-corrected chi connectivity index (χ4v) is 6.51. The Kier molecular flexibility index (Phi) is 7.20. The van der Waals surface area contributed by atoms with Crippen molar-refractivity contribution < 1.29 is 9.53 Å². The molecule has 38 heavy (non-hydrogen) atoms. The van der Waals surface area contributed by atoms with E-state index in [4.69, 9.17) is 4.74 Å². The van der Waals surface area contributed by atoms with Gasteiger partial charge in [-0.15, -0.1) is 0 Å². The van der Waals surface area contributed by atoms with Crippen LogP contribution in [0.15, 0.2) is 94.9 Å². The molecule has 0 saturated carbocycles. The Morgan fingerprint density at radius 3 is 2.61 bits per heavy atom. The van der Waals surface area contributed by atoms with Gasteiger partial charge in [-0.3, -0.25) is 9.48 Å². The van der Waals surface area contributed by atoms with Crippen molar-refractivity contribution in [2.45, 2.75) is 41.5 Å². The second-order valence-electron chi connectivity index (χ2n) is 10.1. The fourth-order valence-electron chi connectivity index (χ4n) is 5.38. The van der Waals surface area contributed by atoms with E-state index in [9.17, 15) is 4.79 Å². The molecule has 6 rings (SSSR count). The smallest absolute Gasteiger partial charge is 0.233 e. The second-order valence-corrected chi connectivity index (χ2v) is 11.2. The van der Waals surface area contributed by atoms with Gasteiger partial charge in [-0.1, -0.05) is 60.3 Å². The molecule has 1 unspecified atom stereocenters. The molecule has 6 nitrogen and oxygen atoms in total. The third-order valence-corrected chi connectivity index (χ3v) is 8.63. The van der Waals surface area contributed by atoms with Crippen molar-refractivity contribution in [2.75, 3.05) is 30.5 Å². The number of fused-ring (bicyclic) bond motifs is 2. The van der Waals surface area contributed by atoms with Gasteiger partial charge in [0.1, 0.15) is 0 Å². The lowest BCUT2D eigenvalue weighted by Gasteiger charge is -2.31. The molecule has 1 N–H and O–H groups in total. The van der Waals surface area contributed by atoms with Crippen LogP contribution in [0.4, 0.5) is 17.2 Å². The molecular formula is C31H32N4O2S. The summed E-state index contributed by atoms with van der Waals surface area (Å²) in [5.74, 6) is 0.771. The number of nitrogens with zero attached hydrogens (tertiary/aromatic N) is 3. The quantitative estimate of drug-likeness (QED) is 0.291. The molecular weight excluding hydrogens is 492 g/mol. The Bertz CT molecular complexity index is 1410. The summed E-state index contributed by atoms with van der Waals surface area (Å²) in [6, 6.07) is 27.0. The van der Waals surface area contributed by atoms with Crippen molar-refractivity contribution in [1.29, 1.82) is 0 Å². The van der Waals surface area contributed by atoms with Gasteiger partial charge in [0.25, 0.3) is 0 Å². The minimum absolute atomic E-state index is 0.00656. The first kappa shape index (κ1) is 24.8. The Morgan fingerprint density at radius 1 is 1.00 bits per heavy atom. The molecule has 2 aliphatic heterocycles. The number of hydrogen-bond acceptors (Lipinski definition) is 5. The van der Waals surface area contributed by atoms with Crippen LogP contribution in [0.5, 0.6) is 0 Å². The number of anilines is 3. The molecule has 1 fully saturated rings. The van der Waals surface area contributed by atoms with Crippen molar-refractivity contribution in [2.24, 2.45) is 5.92 Å². The highest BCUT2D eigenvalue weighted by atomic mass is 32.2. The van der Waals surface area contributed by atoms with E-state index in [1.807, 2.05) is 35.1 Å². The zero-order chi connectivity index (χ0) is 25.9. The van der Waals surface area contributed by atoms with Crippen LogP contribution in [0.3, 0.4) is 0 Å². The third kappa shape index (κ3) is 5.35. The summed E-state index contributed by atoms with van der Waals surface area (Å²) in [7, 11) is 2.11. The predicted octanol–water partition coefficient (Wildman–Crippen LogP) is 6.70. The van der Waals surface area contributed by atoms with Crippen LogP contribution >= 0.6 is 11.8 Å². The summed E-state index contributed by atoms with van der Waals surface area (Å²) in [5.41, 5.74) is 4.55. The maximum atomic E-state index is 13.8. The second kappa shape index (κ2) is 11.1. The van der Waals surface area contributed by atoms with Gasteiger partial charge < -0.3 is 15.0 Å². The average Bonchev–Trinajstić information content (AvgIpc) is 3.39. The fraction of sp³-hybridized carbons (Fsp3) is 0.290. The van der Waals surface area contributed by atoms with Gasteiger partial charge in [0.2, 0.25) is 5.91 Å². The predicted molar refractivity (Wildman–Crippen MR) is 152 cm³/mol. The van der Waals surface area contributed by atoms with Gasteiger partial charge in [-0.05, 0) is 60.6 Å². The van der Waals surface area contributed by atoms with E-state index in [-0.39, 0.29) is 11.8 Å². The SMILES string of the molecule is CN1c2ccccc2Sc2ccc(C(CC3CCOCC3)C(=O)Nc3ccn(Cc4ccccc4)n3)cc21. The minimum Gasteiger partial charge on any atom is -0.381 e. The molecule has 3 heterocycles. The van der Waals surface area contributed by atoms with Crippen molar-refractivity contribution in [3.8, 4) is 0 Å². The molecule has 0 bridgehead atoms. The number of benzene rings is 3. The number of carbonyl (C=O) groups excluding carboxylic acids is 1. The molecule has 0 spiro atoms. The Morgan fingerprint density at radius 2 is 1.76 bits per heavy atom. The summed E-state index contributed by atoms with van der Waals surface area (Å²) < 4.78 is 7.46. The number of rotatable bonds is 7. The zero-order valence-corrected chi connectivity index (χ0v) is 22.4. The molecule has 3 aromatic carbocycles. The van der Waals surface area contributed by atoms with Gasteiger partial charge in [0.05, 0.1) is 23.8 Å². The molecule has 4 aromatic rings. The first-order valence-electron chi connectivity index (χ1n) is 13.2. The number of ether oxygens (including phenoxy) is 1. The van der Waals surface area contributed by atoms with Crippen molar-refractivity contribution in [1.82, 2.24) is 9.78 Å². The van der Waals surface area contributed by atoms with E-state index in [2.05, 4.69) is 77.0 Å². The highest BCUT2D eigenvalue weighted by molar-refractivity contribution is 7.99. The van der Waals surface area contributed by atoms with E-state index < -0.39 is 0 Å². The van der Waals surface area contributed by atoms with Crippen LogP contribution in [-0.2, 0) is 16.1 Å². The number of carbonyl (C=O) groups is 1. The van der Waals surface area contributed by atoms with Crippen LogP contribution in [0.2, 0.25) is 0 Å². The van der Waals surface area contributed by atoms with E-state index in [1.54, 1.807) is 11.8 Å². The van der Waals surface area contributed by atoms with Crippen molar-refractivity contribution in [3.63, 3.8) is 0 Å². The van der Waals surface area contributed by atoms with Crippen LogP contribution in [0, 0.1) is 5.92 Å².